The topological polar surface area (TPSA) is 40.5 Å². The molecule has 3 heteroatoms. The summed E-state index contributed by atoms with van der Waals surface area (Å²) in [5, 5.41) is 18.5. The molecule has 0 aromatic carbocycles. The van der Waals surface area contributed by atoms with Gasteiger partial charge in [-0.3, -0.25) is 0 Å². The zero-order chi connectivity index (χ0) is 34.9. The third kappa shape index (κ3) is 16.2. The molecule has 5 fully saturated rings. The van der Waals surface area contributed by atoms with Crippen molar-refractivity contribution >= 4 is 0 Å². The normalized spacial score (nSPS) is 24.9. The minimum atomic E-state index is -0.770. The fraction of sp³-hybridized carbons (Fsp3) is 1.00. The second-order valence-electron chi connectivity index (χ2n) is 18.9. The minimum absolute atomic E-state index is 0.0278. The minimum Gasteiger partial charge on any atom is -0.396 e. The van der Waals surface area contributed by atoms with E-state index in [2.05, 4.69) is 96.9 Å². The predicted molar refractivity (Wildman–Crippen MR) is 196 cm³/mol. The summed E-state index contributed by atoms with van der Waals surface area (Å²) in [6.07, 6.45) is 13.7. The number of rotatable bonds is 12. The second kappa shape index (κ2) is 18.6. The average Bonchev–Trinajstić information content (AvgIpc) is 3.75. The summed E-state index contributed by atoms with van der Waals surface area (Å²) in [6.45, 7) is 34.0. The lowest BCUT2D eigenvalue weighted by molar-refractivity contribution is 0.0722. The fourth-order valence-electron chi connectivity index (χ4n) is 6.53. The standard InChI is InChI=1S/C9H18O.C9H18.C8H15F.C8H16O.C8H16/c1-6(2)7(3)9(10)8-4-5-8;1-7(2)8(3)9(4)5-6-9;1-6(2)7(3)8(9)4-5-8;1-7(2)5-8(6-9)3-4-8;1-6(2)7(3)8-4-5-8/h6-10H,4-5H2,1-3H3;7-8H,5-6H2,1-4H3;6-7H,4-5H2,1-3H3;7,9H,3-6H2,1-2H3;6-8H,4-5H2,1-3H3. The van der Waals surface area contributed by atoms with Crippen LogP contribution in [0.4, 0.5) is 4.39 Å². The van der Waals surface area contributed by atoms with Crippen molar-refractivity contribution in [2.24, 2.45) is 75.9 Å². The van der Waals surface area contributed by atoms with Crippen LogP contribution in [-0.2, 0) is 0 Å². The van der Waals surface area contributed by atoms with Crippen LogP contribution in [0.5, 0.6) is 0 Å². The van der Waals surface area contributed by atoms with Crippen LogP contribution >= 0.6 is 0 Å². The number of aliphatic hydroxyl groups is 2. The molecule has 0 aliphatic heterocycles. The molecule has 5 aliphatic rings. The van der Waals surface area contributed by atoms with E-state index >= 15 is 0 Å². The van der Waals surface area contributed by atoms with Gasteiger partial charge in [0.1, 0.15) is 5.67 Å². The smallest absolute Gasteiger partial charge is 0.114 e. The molecule has 2 nitrogen and oxygen atoms in total. The van der Waals surface area contributed by atoms with Crippen LogP contribution in [0.25, 0.3) is 0 Å². The third-order valence-electron chi connectivity index (χ3n) is 12.9. The van der Waals surface area contributed by atoms with Crippen molar-refractivity contribution in [3.63, 3.8) is 0 Å². The van der Waals surface area contributed by atoms with Crippen molar-refractivity contribution in [1.29, 1.82) is 0 Å². The zero-order valence-electron chi connectivity index (χ0n) is 33.2. The van der Waals surface area contributed by atoms with Gasteiger partial charge in [0.2, 0.25) is 0 Å². The van der Waals surface area contributed by atoms with Crippen LogP contribution in [0.2, 0.25) is 0 Å². The molecule has 0 bridgehead atoms. The first-order chi connectivity index (χ1) is 20.6. The predicted octanol–water partition coefficient (Wildman–Crippen LogP) is 12.4. The molecule has 5 saturated carbocycles. The van der Waals surface area contributed by atoms with E-state index in [1.54, 1.807) is 0 Å². The van der Waals surface area contributed by atoms with Gasteiger partial charge in [0.15, 0.2) is 0 Å². The highest BCUT2D eigenvalue weighted by atomic mass is 19.1. The number of alkyl halides is 1. The van der Waals surface area contributed by atoms with Gasteiger partial charge in [-0.25, -0.2) is 4.39 Å². The number of halogens is 1. The molecule has 0 saturated heterocycles. The van der Waals surface area contributed by atoms with Gasteiger partial charge in [-0.15, -0.1) is 0 Å². The third-order valence-corrected chi connectivity index (χ3v) is 12.9. The number of hydrogen-bond donors (Lipinski definition) is 2. The first-order valence-electron chi connectivity index (χ1n) is 19.6. The van der Waals surface area contributed by atoms with Crippen molar-refractivity contribution in [2.45, 2.75) is 186 Å². The molecule has 270 valence electrons. The van der Waals surface area contributed by atoms with Crippen LogP contribution in [0, 0.1) is 75.9 Å². The van der Waals surface area contributed by atoms with Gasteiger partial charge in [-0.1, -0.05) is 104 Å². The Kier molecular flexibility index (Phi) is 17.7. The molecule has 0 heterocycles. The maximum absolute atomic E-state index is 13.1. The molecule has 0 aromatic rings. The van der Waals surface area contributed by atoms with E-state index in [1.165, 1.54) is 57.8 Å². The van der Waals surface area contributed by atoms with Gasteiger partial charge in [0.25, 0.3) is 0 Å². The first kappa shape index (κ1) is 42.9. The van der Waals surface area contributed by atoms with Gasteiger partial charge in [0, 0.05) is 6.61 Å². The Balaban J connectivity index is 0.000000282. The van der Waals surface area contributed by atoms with Gasteiger partial charge < -0.3 is 10.2 Å². The Morgan fingerprint density at radius 3 is 1.20 bits per heavy atom. The lowest BCUT2D eigenvalue weighted by atomic mass is 9.84. The Bertz CT molecular complexity index is 736. The molecule has 5 aliphatic carbocycles. The summed E-state index contributed by atoms with van der Waals surface area (Å²) in [7, 11) is 0. The Morgan fingerprint density at radius 1 is 0.600 bits per heavy atom. The fourth-order valence-corrected chi connectivity index (χ4v) is 6.53. The van der Waals surface area contributed by atoms with Crippen LogP contribution in [0.15, 0.2) is 0 Å². The van der Waals surface area contributed by atoms with E-state index in [9.17, 15) is 9.50 Å². The van der Waals surface area contributed by atoms with Gasteiger partial charge >= 0.3 is 0 Å². The van der Waals surface area contributed by atoms with Crippen LogP contribution in [-0.4, -0.2) is 28.6 Å². The summed E-state index contributed by atoms with van der Waals surface area (Å²) in [5.41, 5.74) is 0.330. The van der Waals surface area contributed by atoms with Gasteiger partial charge in [0.05, 0.1) is 6.10 Å². The van der Waals surface area contributed by atoms with Crippen molar-refractivity contribution in [1.82, 2.24) is 0 Å². The first-order valence-corrected chi connectivity index (χ1v) is 19.6. The summed E-state index contributed by atoms with van der Waals surface area (Å²) in [6, 6.07) is 0. The summed E-state index contributed by atoms with van der Waals surface area (Å²) in [5.74, 6) is 8.03. The Labute approximate surface area is 282 Å². The molecular weight excluding hydrogens is 555 g/mol. The average molecular weight is 639 g/mol. The molecule has 2 N–H and O–H groups in total. The maximum atomic E-state index is 13.1. The van der Waals surface area contributed by atoms with Crippen molar-refractivity contribution in [3.8, 4) is 0 Å². The van der Waals surface area contributed by atoms with Crippen molar-refractivity contribution in [2.75, 3.05) is 6.61 Å². The largest absolute Gasteiger partial charge is 0.396 e. The highest BCUT2D eigenvalue weighted by Gasteiger charge is 2.48. The molecule has 0 amide bonds. The van der Waals surface area contributed by atoms with E-state index < -0.39 is 5.67 Å². The van der Waals surface area contributed by atoms with E-state index in [0.717, 1.165) is 53.8 Å². The number of hydrogen-bond acceptors (Lipinski definition) is 2. The van der Waals surface area contributed by atoms with E-state index in [4.69, 9.17) is 5.11 Å². The van der Waals surface area contributed by atoms with Crippen LogP contribution in [0.3, 0.4) is 0 Å². The quantitative estimate of drug-likeness (QED) is 0.223. The molecular formula is C42H83FO2. The monoisotopic (exact) mass is 639 g/mol. The van der Waals surface area contributed by atoms with Gasteiger partial charge in [-0.05, 0) is 147 Å². The lowest BCUT2D eigenvalue weighted by Crippen LogP contribution is -2.23. The van der Waals surface area contributed by atoms with Crippen molar-refractivity contribution in [3.05, 3.63) is 0 Å². The molecule has 0 radical (unpaired) electrons. The van der Waals surface area contributed by atoms with Crippen LogP contribution in [0.1, 0.15) is 174 Å². The van der Waals surface area contributed by atoms with Gasteiger partial charge in [-0.2, -0.15) is 0 Å². The van der Waals surface area contributed by atoms with E-state index in [1.807, 2.05) is 6.92 Å². The maximum Gasteiger partial charge on any atom is 0.114 e. The van der Waals surface area contributed by atoms with E-state index in [-0.39, 0.29) is 12.0 Å². The number of aliphatic hydroxyl groups excluding tert-OH is 2. The summed E-state index contributed by atoms with van der Waals surface area (Å²) < 4.78 is 13.1. The summed E-state index contributed by atoms with van der Waals surface area (Å²) >= 11 is 0. The molecule has 0 aromatic heterocycles. The highest BCUT2D eigenvalue weighted by Crippen LogP contribution is 2.53. The lowest BCUT2D eigenvalue weighted by Gasteiger charge is -2.22. The molecule has 0 spiro atoms. The molecule has 5 rings (SSSR count). The SMILES string of the molecule is CC(C)C(C)C(O)C1CC1.CC(C)C(C)C1(C)CC1.CC(C)C(C)C1(F)CC1.CC(C)C(C)C1CC1.CC(C)CC1(CO)CC1. The second-order valence-corrected chi connectivity index (χ2v) is 18.9. The zero-order valence-corrected chi connectivity index (χ0v) is 33.2. The van der Waals surface area contributed by atoms with Crippen molar-refractivity contribution < 1.29 is 14.6 Å². The Hall–Kier alpha value is -0.150. The summed E-state index contributed by atoms with van der Waals surface area (Å²) in [4.78, 5) is 0. The molecule has 5 atom stereocenters. The van der Waals surface area contributed by atoms with E-state index in [0.29, 0.717) is 35.7 Å². The molecule has 5 unspecified atom stereocenters. The highest BCUT2D eigenvalue weighted by molar-refractivity contribution is 4.99. The molecule has 45 heavy (non-hydrogen) atoms. The Morgan fingerprint density at radius 2 is 1.04 bits per heavy atom. The van der Waals surface area contributed by atoms with Crippen LogP contribution < -0.4 is 0 Å².